The molecule has 2 heterocycles. The van der Waals surface area contributed by atoms with E-state index in [1.165, 1.54) is 16.3 Å². The summed E-state index contributed by atoms with van der Waals surface area (Å²) < 4.78 is 6.07. The van der Waals surface area contributed by atoms with Gasteiger partial charge in [-0.25, -0.2) is 0 Å². The lowest BCUT2D eigenvalue weighted by Gasteiger charge is -2.34. The van der Waals surface area contributed by atoms with Crippen molar-refractivity contribution in [3.8, 4) is 0 Å². The van der Waals surface area contributed by atoms with Gasteiger partial charge >= 0.3 is 0 Å². The van der Waals surface area contributed by atoms with Gasteiger partial charge in [-0.3, -0.25) is 4.98 Å². The maximum atomic E-state index is 6.07. The van der Waals surface area contributed by atoms with E-state index in [1.807, 2.05) is 12.4 Å². The monoisotopic (exact) mass is 270 g/mol. The van der Waals surface area contributed by atoms with Crippen molar-refractivity contribution < 1.29 is 4.74 Å². The Hall–Kier alpha value is -1.45. The lowest BCUT2D eigenvalue weighted by atomic mass is 9.86. The molecule has 3 nitrogen and oxygen atoms in total. The topological polar surface area (TPSA) is 34.2 Å². The van der Waals surface area contributed by atoms with Crippen LogP contribution in [0.2, 0.25) is 0 Å². The first kappa shape index (κ1) is 13.5. The molecule has 0 radical (unpaired) electrons. The summed E-state index contributed by atoms with van der Waals surface area (Å²) in [4.78, 5) is 4.42. The fraction of sp³-hybridized carbons (Fsp3) is 0.471. The molecule has 0 aliphatic carbocycles. The molecule has 0 bridgehead atoms. The Balaban J connectivity index is 2.09. The van der Waals surface area contributed by atoms with E-state index in [1.54, 1.807) is 0 Å². The molecule has 0 spiro atoms. The maximum Gasteiger partial charge on any atom is 0.0849 e. The smallest absolute Gasteiger partial charge is 0.0849 e. The first-order valence-corrected chi connectivity index (χ1v) is 7.44. The first-order valence-electron chi connectivity index (χ1n) is 7.44. The van der Waals surface area contributed by atoms with Crippen LogP contribution in [0.5, 0.6) is 0 Å². The Morgan fingerprint density at radius 3 is 2.95 bits per heavy atom. The Kier molecular flexibility index (Phi) is 3.72. The van der Waals surface area contributed by atoms with Crippen LogP contribution in [0.25, 0.3) is 10.8 Å². The van der Waals surface area contributed by atoms with Crippen molar-refractivity contribution in [2.24, 2.45) is 0 Å². The fourth-order valence-corrected chi connectivity index (χ4v) is 3.26. The summed E-state index contributed by atoms with van der Waals surface area (Å²) in [6.45, 7) is 6.14. The molecule has 106 valence electrons. The molecule has 0 amide bonds. The molecule has 1 aromatic heterocycles. The second-order valence-corrected chi connectivity index (χ2v) is 5.71. The molecule has 1 saturated heterocycles. The van der Waals surface area contributed by atoms with Gasteiger partial charge in [-0.15, -0.1) is 0 Å². The van der Waals surface area contributed by atoms with Crippen LogP contribution in [0.4, 0.5) is 0 Å². The number of fused-ring (bicyclic) bond motifs is 1. The van der Waals surface area contributed by atoms with Crippen molar-refractivity contribution >= 4 is 10.8 Å². The third-order valence-corrected chi connectivity index (χ3v) is 4.28. The summed E-state index contributed by atoms with van der Waals surface area (Å²) in [5.41, 5.74) is 1.11. The van der Waals surface area contributed by atoms with Crippen LogP contribution in [0.1, 0.15) is 38.3 Å². The van der Waals surface area contributed by atoms with Crippen LogP contribution < -0.4 is 5.32 Å². The van der Waals surface area contributed by atoms with E-state index < -0.39 is 0 Å². The number of ether oxygens (including phenoxy) is 1. The van der Waals surface area contributed by atoms with Gasteiger partial charge in [-0.05, 0) is 37.3 Å². The molecular weight excluding hydrogens is 248 g/mol. The molecule has 2 atom stereocenters. The normalized spacial score (nSPS) is 24.1. The van der Waals surface area contributed by atoms with Crippen LogP contribution >= 0.6 is 0 Å². The molecule has 3 heteroatoms. The van der Waals surface area contributed by atoms with Gasteiger partial charge in [-0.1, -0.05) is 31.2 Å². The average Bonchev–Trinajstić information content (AvgIpc) is 2.92. The van der Waals surface area contributed by atoms with Crippen molar-refractivity contribution in [2.45, 2.75) is 38.3 Å². The van der Waals surface area contributed by atoms with E-state index in [9.17, 15) is 0 Å². The molecule has 3 rings (SSSR count). The number of pyridine rings is 1. The van der Waals surface area contributed by atoms with Gasteiger partial charge in [0.15, 0.2) is 0 Å². The molecule has 1 aliphatic rings. The van der Waals surface area contributed by atoms with Crippen molar-refractivity contribution in [1.29, 1.82) is 0 Å². The van der Waals surface area contributed by atoms with Gasteiger partial charge in [0, 0.05) is 24.4 Å². The second-order valence-electron chi connectivity index (χ2n) is 5.71. The van der Waals surface area contributed by atoms with E-state index in [4.69, 9.17) is 4.74 Å². The van der Waals surface area contributed by atoms with E-state index in [0.717, 1.165) is 26.0 Å². The minimum atomic E-state index is -0.137. The van der Waals surface area contributed by atoms with Crippen molar-refractivity contribution in [3.05, 3.63) is 42.2 Å². The number of hydrogen-bond acceptors (Lipinski definition) is 3. The number of nitrogens with one attached hydrogen (secondary N) is 1. The molecule has 2 unspecified atom stereocenters. The first-order chi connectivity index (χ1) is 9.74. The van der Waals surface area contributed by atoms with Crippen LogP contribution in [-0.4, -0.2) is 23.7 Å². The van der Waals surface area contributed by atoms with Gasteiger partial charge in [0.25, 0.3) is 0 Å². The Morgan fingerprint density at radius 2 is 2.20 bits per heavy atom. The minimum Gasteiger partial charge on any atom is -0.373 e. The minimum absolute atomic E-state index is 0.137. The number of aromatic nitrogens is 1. The standard InChI is InChI=1S/C17H22N2O/c1-3-19-16(17(2)9-6-10-20-17)15-12-18-11-13-7-4-5-8-14(13)15/h4-5,7-8,11-12,16,19H,3,6,9-10H2,1-2H3. The second kappa shape index (κ2) is 5.51. The summed E-state index contributed by atoms with van der Waals surface area (Å²) >= 11 is 0. The van der Waals surface area contributed by atoms with Crippen molar-refractivity contribution in [2.75, 3.05) is 13.2 Å². The van der Waals surface area contributed by atoms with E-state index in [-0.39, 0.29) is 11.6 Å². The van der Waals surface area contributed by atoms with Gasteiger partial charge in [0.05, 0.1) is 11.6 Å². The van der Waals surface area contributed by atoms with E-state index >= 15 is 0 Å². The van der Waals surface area contributed by atoms with Gasteiger partial charge in [0.1, 0.15) is 0 Å². The third-order valence-electron chi connectivity index (χ3n) is 4.28. The molecule has 1 N–H and O–H groups in total. The lowest BCUT2D eigenvalue weighted by Crippen LogP contribution is -2.41. The van der Waals surface area contributed by atoms with Crippen LogP contribution in [0.3, 0.4) is 0 Å². The number of rotatable bonds is 4. The molecule has 1 aliphatic heterocycles. The largest absolute Gasteiger partial charge is 0.373 e. The molecule has 1 fully saturated rings. The average molecular weight is 270 g/mol. The lowest BCUT2D eigenvalue weighted by molar-refractivity contribution is -0.0117. The summed E-state index contributed by atoms with van der Waals surface area (Å²) in [7, 11) is 0. The Bertz CT molecular complexity index is 585. The van der Waals surface area contributed by atoms with Crippen LogP contribution in [-0.2, 0) is 4.74 Å². The van der Waals surface area contributed by atoms with Crippen LogP contribution in [0, 0.1) is 0 Å². The van der Waals surface area contributed by atoms with Gasteiger partial charge in [0.2, 0.25) is 0 Å². The highest BCUT2D eigenvalue weighted by atomic mass is 16.5. The Morgan fingerprint density at radius 1 is 1.35 bits per heavy atom. The Labute approximate surface area is 120 Å². The molecule has 2 aromatic rings. The summed E-state index contributed by atoms with van der Waals surface area (Å²) in [6.07, 6.45) is 6.15. The highest BCUT2D eigenvalue weighted by Crippen LogP contribution is 2.39. The van der Waals surface area contributed by atoms with Crippen LogP contribution in [0.15, 0.2) is 36.7 Å². The summed E-state index contributed by atoms with van der Waals surface area (Å²) in [5, 5.41) is 6.07. The van der Waals surface area contributed by atoms with Gasteiger partial charge < -0.3 is 10.1 Å². The molecule has 1 aromatic carbocycles. The van der Waals surface area contributed by atoms with E-state index in [2.05, 4.69) is 48.4 Å². The predicted molar refractivity (Wildman–Crippen MR) is 81.8 cm³/mol. The number of likely N-dealkylation sites (N-methyl/N-ethyl adjacent to an activating group) is 1. The van der Waals surface area contributed by atoms with E-state index in [0.29, 0.717) is 0 Å². The number of nitrogens with zero attached hydrogens (tertiary/aromatic N) is 1. The number of benzene rings is 1. The predicted octanol–water partition coefficient (Wildman–Crippen LogP) is 3.45. The summed E-state index contributed by atoms with van der Waals surface area (Å²) in [6, 6.07) is 8.63. The zero-order chi connectivity index (χ0) is 14.0. The fourth-order valence-electron chi connectivity index (χ4n) is 3.26. The molecule has 0 saturated carbocycles. The maximum absolute atomic E-state index is 6.07. The van der Waals surface area contributed by atoms with Crippen molar-refractivity contribution in [3.63, 3.8) is 0 Å². The zero-order valence-electron chi connectivity index (χ0n) is 12.2. The quantitative estimate of drug-likeness (QED) is 0.924. The van der Waals surface area contributed by atoms with Crippen molar-refractivity contribution in [1.82, 2.24) is 10.3 Å². The highest BCUT2D eigenvalue weighted by molar-refractivity contribution is 5.85. The molecular formula is C17H22N2O. The number of hydrogen-bond donors (Lipinski definition) is 1. The highest BCUT2D eigenvalue weighted by Gasteiger charge is 2.39. The van der Waals surface area contributed by atoms with Gasteiger partial charge in [-0.2, -0.15) is 0 Å². The third kappa shape index (κ3) is 2.32. The SMILES string of the molecule is CCNC(c1cncc2ccccc12)C1(C)CCCO1. The zero-order valence-corrected chi connectivity index (χ0v) is 12.2. The molecule has 20 heavy (non-hydrogen) atoms. The summed E-state index contributed by atoms with van der Waals surface area (Å²) in [5.74, 6) is 0.